The van der Waals surface area contributed by atoms with Gasteiger partial charge in [-0.1, -0.05) is 36.4 Å². The Balaban J connectivity index is 1.49. The van der Waals surface area contributed by atoms with Gasteiger partial charge in [-0.3, -0.25) is 19.3 Å². The van der Waals surface area contributed by atoms with E-state index in [9.17, 15) is 14.4 Å². The highest BCUT2D eigenvalue weighted by Crippen LogP contribution is 2.31. The smallest absolute Gasteiger partial charge is 0.291 e. The lowest BCUT2D eigenvalue weighted by Gasteiger charge is -2.18. The summed E-state index contributed by atoms with van der Waals surface area (Å²) in [7, 11) is 0. The summed E-state index contributed by atoms with van der Waals surface area (Å²) in [4.78, 5) is 38.8. The Morgan fingerprint density at radius 2 is 1.77 bits per heavy atom. The SMILES string of the molecule is C=C1c2ccccc2C(=O)N1CC(=O)Nc1ccc(Cl)cc1NC(=O)c1ccco1. The highest BCUT2D eigenvalue weighted by atomic mass is 35.5. The lowest BCUT2D eigenvalue weighted by molar-refractivity contribution is -0.116. The molecular weight excluding hydrogens is 406 g/mol. The quantitative estimate of drug-likeness (QED) is 0.644. The number of halogens is 1. The van der Waals surface area contributed by atoms with Crippen molar-refractivity contribution < 1.29 is 18.8 Å². The zero-order valence-corrected chi connectivity index (χ0v) is 16.4. The molecule has 0 fully saturated rings. The first-order valence-corrected chi connectivity index (χ1v) is 9.36. The molecule has 0 bridgehead atoms. The van der Waals surface area contributed by atoms with Gasteiger partial charge in [-0.25, -0.2) is 0 Å². The number of rotatable bonds is 5. The largest absolute Gasteiger partial charge is 0.459 e. The van der Waals surface area contributed by atoms with Crippen molar-refractivity contribution in [3.8, 4) is 0 Å². The molecule has 4 rings (SSSR count). The molecule has 7 nitrogen and oxygen atoms in total. The summed E-state index contributed by atoms with van der Waals surface area (Å²) >= 11 is 6.04. The molecule has 3 aromatic rings. The number of carbonyl (C=O) groups is 3. The molecule has 2 N–H and O–H groups in total. The summed E-state index contributed by atoms with van der Waals surface area (Å²) in [6.07, 6.45) is 1.38. The Labute approximate surface area is 176 Å². The predicted octanol–water partition coefficient (Wildman–Crippen LogP) is 4.25. The molecule has 0 spiro atoms. The van der Waals surface area contributed by atoms with Crippen LogP contribution in [0.5, 0.6) is 0 Å². The highest BCUT2D eigenvalue weighted by molar-refractivity contribution is 6.31. The number of nitrogens with zero attached hydrogens (tertiary/aromatic N) is 1. The summed E-state index contributed by atoms with van der Waals surface area (Å²) in [5, 5.41) is 5.74. The van der Waals surface area contributed by atoms with Crippen molar-refractivity contribution in [1.82, 2.24) is 4.90 Å². The van der Waals surface area contributed by atoms with Gasteiger partial charge in [0.05, 0.1) is 17.6 Å². The Hall–Kier alpha value is -3.84. The number of anilines is 2. The number of nitrogens with one attached hydrogen (secondary N) is 2. The van der Waals surface area contributed by atoms with Crippen molar-refractivity contribution in [2.75, 3.05) is 17.2 Å². The van der Waals surface area contributed by atoms with Crippen LogP contribution in [0.15, 0.2) is 71.9 Å². The van der Waals surface area contributed by atoms with E-state index in [1.54, 1.807) is 36.4 Å². The molecule has 0 saturated heterocycles. The third kappa shape index (κ3) is 3.70. The lowest BCUT2D eigenvalue weighted by Crippen LogP contribution is -2.33. The van der Waals surface area contributed by atoms with Gasteiger partial charge in [0, 0.05) is 21.8 Å². The Kier molecular flexibility index (Phi) is 5.12. The fourth-order valence-corrected chi connectivity index (χ4v) is 3.33. The molecule has 0 radical (unpaired) electrons. The maximum atomic E-state index is 12.7. The molecule has 2 heterocycles. The van der Waals surface area contributed by atoms with E-state index in [-0.39, 0.29) is 18.2 Å². The first-order valence-electron chi connectivity index (χ1n) is 8.98. The van der Waals surface area contributed by atoms with Crippen LogP contribution in [0, 0.1) is 0 Å². The van der Waals surface area contributed by atoms with E-state index >= 15 is 0 Å². The van der Waals surface area contributed by atoms with Gasteiger partial charge < -0.3 is 15.1 Å². The third-order valence-electron chi connectivity index (χ3n) is 4.59. The molecule has 8 heteroatoms. The maximum absolute atomic E-state index is 12.7. The van der Waals surface area contributed by atoms with Crippen molar-refractivity contribution in [3.63, 3.8) is 0 Å². The van der Waals surface area contributed by atoms with Gasteiger partial charge in [-0.15, -0.1) is 0 Å². The first kappa shape index (κ1) is 19.5. The maximum Gasteiger partial charge on any atom is 0.291 e. The molecule has 30 heavy (non-hydrogen) atoms. The minimum atomic E-state index is -0.490. The minimum Gasteiger partial charge on any atom is -0.459 e. The summed E-state index contributed by atoms with van der Waals surface area (Å²) < 4.78 is 5.08. The van der Waals surface area contributed by atoms with E-state index in [4.69, 9.17) is 16.0 Å². The average Bonchev–Trinajstić information content (AvgIpc) is 3.35. The molecule has 1 aliphatic rings. The predicted molar refractivity (Wildman–Crippen MR) is 113 cm³/mol. The molecule has 0 aliphatic carbocycles. The number of fused-ring (bicyclic) bond motifs is 1. The summed E-state index contributed by atoms with van der Waals surface area (Å²) in [6.45, 7) is 3.70. The van der Waals surface area contributed by atoms with Crippen LogP contribution in [0.2, 0.25) is 5.02 Å². The van der Waals surface area contributed by atoms with Gasteiger partial charge in [0.15, 0.2) is 5.76 Å². The summed E-state index contributed by atoms with van der Waals surface area (Å²) in [5.74, 6) is -1.11. The molecule has 2 aromatic carbocycles. The van der Waals surface area contributed by atoms with Gasteiger partial charge in [0.2, 0.25) is 5.91 Å². The van der Waals surface area contributed by atoms with Crippen LogP contribution in [0.4, 0.5) is 11.4 Å². The van der Waals surface area contributed by atoms with E-state index in [0.29, 0.717) is 33.2 Å². The van der Waals surface area contributed by atoms with Gasteiger partial charge in [-0.2, -0.15) is 0 Å². The van der Waals surface area contributed by atoms with Crippen LogP contribution < -0.4 is 10.6 Å². The zero-order valence-electron chi connectivity index (χ0n) is 15.6. The van der Waals surface area contributed by atoms with Crippen molar-refractivity contribution in [2.24, 2.45) is 0 Å². The lowest BCUT2D eigenvalue weighted by atomic mass is 10.1. The van der Waals surface area contributed by atoms with Crippen LogP contribution >= 0.6 is 11.6 Å². The van der Waals surface area contributed by atoms with Crippen LogP contribution in [-0.2, 0) is 4.79 Å². The molecule has 0 saturated carbocycles. The fraction of sp³-hybridized carbons (Fsp3) is 0.0455. The van der Waals surface area contributed by atoms with E-state index in [1.165, 1.54) is 23.3 Å². The first-order chi connectivity index (χ1) is 14.4. The summed E-state index contributed by atoms with van der Waals surface area (Å²) in [5.41, 5.74) is 2.31. The number of amides is 3. The number of furan rings is 1. The third-order valence-corrected chi connectivity index (χ3v) is 4.83. The standard InChI is InChI=1S/C22H16ClN3O4/c1-13-15-5-2-3-6-16(15)22(29)26(13)12-20(27)24-17-9-8-14(23)11-18(17)25-21(28)19-7-4-10-30-19/h2-11H,1,12H2,(H,24,27)(H,25,28). The fourth-order valence-electron chi connectivity index (χ4n) is 3.16. The molecular formula is C22H16ClN3O4. The second-order valence-electron chi connectivity index (χ2n) is 6.55. The van der Waals surface area contributed by atoms with E-state index in [0.717, 1.165) is 0 Å². The number of carbonyl (C=O) groups excluding carboxylic acids is 3. The topological polar surface area (TPSA) is 91.7 Å². The molecule has 1 aromatic heterocycles. The van der Waals surface area contributed by atoms with Crippen molar-refractivity contribution in [3.05, 3.63) is 89.3 Å². The molecule has 3 amide bonds. The zero-order chi connectivity index (χ0) is 21.3. The molecule has 1 aliphatic heterocycles. The average molecular weight is 422 g/mol. The van der Waals surface area contributed by atoms with Gasteiger partial charge in [0.25, 0.3) is 11.8 Å². The monoisotopic (exact) mass is 421 g/mol. The van der Waals surface area contributed by atoms with Crippen LogP contribution in [-0.4, -0.2) is 29.2 Å². The normalized spacial score (nSPS) is 12.6. The minimum absolute atomic E-state index is 0.115. The van der Waals surface area contributed by atoms with Gasteiger partial charge in [0.1, 0.15) is 6.54 Å². The van der Waals surface area contributed by atoms with E-state index in [1.807, 2.05) is 6.07 Å². The highest BCUT2D eigenvalue weighted by Gasteiger charge is 2.32. The second-order valence-corrected chi connectivity index (χ2v) is 6.99. The summed E-state index contributed by atoms with van der Waals surface area (Å²) in [6, 6.07) is 14.8. The van der Waals surface area contributed by atoms with Crippen molar-refractivity contribution >= 4 is 46.4 Å². The molecule has 150 valence electrons. The number of benzene rings is 2. The van der Waals surface area contributed by atoms with Crippen molar-refractivity contribution in [2.45, 2.75) is 0 Å². The van der Waals surface area contributed by atoms with Crippen LogP contribution in [0.25, 0.3) is 5.70 Å². The van der Waals surface area contributed by atoms with Gasteiger partial charge in [-0.05, 0) is 36.4 Å². The second kappa shape index (κ2) is 7.88. The molecule has 0 unspecified atom stereocenters. The van der Waals surface area contributed by atoms with Crippen molar-refractivity contribution in [1.29, 1.82) is 0 Å². The number of hydrogen-bond acceptors (Lipinski definition) is 4. The van der Waals surface area contributed by atoms with E-state index < -0.39 is 11.8 Å². The van der Waals surface area contributed by atoms with E-state index in [2.05, 4.69) is 17.2 Å². The Morgan fingerprint density at radius 3 is 2.47 bits per heavy atom. The molecule has 0 atom stereocenters. The Bertz CT molecular complexity index is 1140. The van der Waals surface area contributed by atoms with Gasteiger partial charge >= 0.3 is 0 Å². The number of hydrogen-bond donors (Lipinski definition) is 2. The van der Waals surface area contributed by atoms with Crippen LogP contribution in [0.1, 0.15) is 26.5 Å². The van der Waals surface area contributed by atoms with Crippen LogP contribution in [0.3, 0.4) is 0 Å². The Morgan fingerprint density at radius 1 is 1.00 bits per heavy atom.